The highest BCUT2D eigenvalue weighted by Crippen LogP contribution is 2.24. The number of likely N-dealkylation sites (tertiary alicyclic amines) is 1. The van der Waals surface area contributed by atoms with Crippen molar-refractivity contribution in [1.82, 2.24) is 29.8 Å². The molecule has 1 N–H and O–H groups in total. The SMILES string of the molecule is CCn1nc(CN2CCC(CNC(=O)CCn3cc(C)cn3)CC2)c2c1CCOC2. The van der Waals surface area contributed by atoms with Gasteiger partial charge in [-0.2, -0.15) is 10.2 Å². The van der Waals surface area contributed by atoms with Crippen LogP contribution in [-0.2, 0) is 42.2 Å². The first-order chi connectivity index (χ1) is 14.6. The molecule has 2 aliphatic heterocycles. The van der Waals surface area contributed by atoms with Crippen LogP contribution in [0.2, 0.25) is 0 Å². The summed E-state index contributed by atoms with van der Waals surface area (Å²) in [7, 11) is 0. The lowest BCUT2D eigenvalue weighted by Gasteiger charge is -2.31. The van der Waals surface area contributed by atoms with E-state index >= 15 is 0 Å². The summed E-state index contributed by atoms with van der Waals surface area (Å²) >= 11 is 0. The molecule has 4 heterocycles. The van der Waals surface area contributed by atoms with Crippen molar-refractivity contribution in [3.05, 3.63) is 34.9 Å². The Morgan fingerprint density at radius 3 is 2.90 bits per heavy atom. The van der Waals surface area contributed by atoms with Crippen molar-refractivity contribution >= 4 is 5.91 Å². The Kier molecular flexibility index (Phi) is 6.84. The van der Waals surface area contributed by atoms with Gasteiger partial charge in [0.05, 0.1) is 25.1 Å². The molecule has 0 aromatic carbocycles. The van der Waals surface area contributed by atoms with E-state index in [1.54, 1.807) is 0 Å². The molecule has 0 bridgehead atoms. The van der Waals surface area contributed by atoms with Crippen LogP contribution in [0.1, 0.15) is 48.7 Å². The molecule has 0 aliphatic carbocycles. The lowest BCUT2D eigenvalue weighted by molar-refractivity contribution is -0.121. The molecule has 1 saturated heterocycles. The van der Waals surface area contributed by atoms with E-state index in [9.17, 15) is 4.79 Å². The number of rotatable bonds is 8. The maximum Gasteiger partial charge on any atom is 0.221 e. The van der Waals surface area contributed by atoms with Crippen LogP contribution in [0.25, 0.3) is 0 Å². The molecule has 1 amide bonds. The molecule has 2 aromatic heterocycles. The number of carbonyl (C=O) groups is 1. The monoisotopic (exact) mass is 414 g/mol. The fourth-order valence-electron chi connectivity index (χ4n) is 4.48. The minimum atomic E-state index is 0.113. The van der Waals surface area contributed by atoms with Gasteiger partial charge < -0.3 is 10.1 Å². The molecule has 2 aliphatic rings. The van der Waals surface area contributed by atoms with Crippen LogP contribution in [0.15, 0.2) is 12.4 Å². The number of amides is 1. The van der Waals surface area contributed by atoms with E-state index < -0.39 is 0 Å². The number of hydrogen-bond acceptors (Lipinski definition) is 5. The Morgan fingerprint density at radius 1 is 1.33 bits per heavy atom. The maximum absolute atomic E-state index is 12.2. The lowest BCUT2D eigenvalue weighted by Crippen LogP contribution is -2.38. The summed E-state index contributed by atoms with van der Waals surface area (Å²) in [5.74, 6) is 0.671. The third-order valence-electron chi connectivity index (χ3n) is 6.28. The molecule has 164 valence electrons. The smallest absolute Gasteiger partial charge is 0.221 e. The predicted molar refractivity (Wildman–Crippen MR) is 114 cm³/mol. The van der Waals surface area contributed by atoms with E-state index in [2.05, 4.69) is 26.9 Å². The van der Waals surface area contributed by atoms with Crippen LogP contribution in [0, 0.1) is 12.8 Å². The minimum Gasteiger partial charge on any atom is -0.376 e. The summed E-state index contributed by atoms with van der Waals surface area (Å²) in [6.45, 7) is 11.0. The molecule has 0 radical (unpaired) electrons. The zero-order valence-electron chi connectivity index (χ0n) is 18.3. The first kappa shape index (κ1) is 21.1. The maximum atomic E-state index is 12.2. The van der Waals surface area contributed by atoms with Crippen molar-refractivity contribution in [2.45, 2.75) is 65.8 Å². The Morgan fingerprint density at radius 2 is 2.17 bits per heavy atom. The lowest BCUT2D eigenvalue weighted by atomic mass is 9.96. The van der Waals surface area contributed by atoms with Crippen molar-refractivity contribution < 1.29 is 9.53 Å². The van der Waals surface area contributed by atoms with Gasteiger partial charge in [0.2, 0.25) is 5.91 Å². The number of ether oxygens (including phenoxy) is 1. The van der Waals surface area contributed by atoms with Gasteiger partial charge in [0.25, 0.3) is 0 Å². The molecular weight excluding hydrogens is 380 g/mol. The third-order valence-corrected chi connectivity index (χ3v) is 6.28. The molecule has 0 unspecified atom stereocenters. The number of nitrogens with one attached hydrogen (secondary N) is 1. The summed E-state index contributed by atoms with van der Waals surface area (Å²) in [6, 6.07) is 0. The summed E-state index contributed by atoms with van der Waals surface area (Å²) in [5, 5.41) is 12.2. The molecular formula is C22H34N6O2. The van der Waals surface area contributed by atoms with Gasteiger partial charge in [-0.3, -0.25) is 19.1 Å². The molecule has 30 heavy (non-hydrogen) atoms. The van der Waals surface area contributed by atoms with E-state index in [-0.39, 0.29) is 5.91 Å². The summed E-state index contributed by atoms with van der Waals surface area (Å²) in [4.78, 5) is 14.6. The zero-order valence-corrected chi connectivity index (χ0v) is 18.3. The van der Waals surface area contributed by atoms with E-state index in [0.717, 1.165) is 64.2 Å². The third kappa shape index (κ3) is 5.10. The Hall–Kier alpha value is -2.19. The van der Waals surface area contributed by atoms with Crippen molar-refractivity contribution in [3.63, 3.8) is 0 Å². The molecule has 0 saturated carbocycles. The number of hydrogen-bond donors (Lipinski definition) is 1. The van der Waals surface area contributed by atoms with E-state index in [0.29, 0.717) is 25.5 Å². The van der Waals surface area contributed by atoms with Gasteiger partial charge in [0.15, 0.2) is 0 Å². The van der Waals surface area contributed by atoms with Gasteiger partial charge in [-0.25, -0.2) is 0 Å². The second-order valence-corrected chi connectivity index (χ2v) is 8.54. The average molecular weight is 415 g/mol. The highest BCUT2D eigenvalue weighted by atomic mass is 16.5. The topological polar surface area (TPSA) is 77.2 Å². The van der Waals surface area contributed by atoms with Crippen LogP contribution in [0.4, 0.5) is 0 Å². The van der Waals surface area contributed by atoms with E-state index in [1.807, 2.05) is 24.0 Å². The number of aryl methyl sites for hydroxylation is 3. The number of carbonyl (C=O) groups excluding carboxylic acids is 1. The van der Waals surface area contributed by atoms with Crippen LogP contribution >= 0.6 is 0 Å². The van der Waals surface area contributed by atoms with Crippen molar-refractivity contribution in [1.29, 1.82) is 0 Å². The summed E-state index contributed by atoms with van der Waals surface area (Å²) in [6.07, 6.45) is 7.47. The quantitative estimate of drug-likeness (QED) is 0.714. The molecule has 0 spiro atoms. The highest BCUT2D eigenvalue weighted by molar-refractivity contribution is 5.75. The van der Waals surface area contributed by atoms with Crippen LogP contribution in [-0.4, -0.2) is 56.6 Å². The van der Waals surface area contributed by atoms with Crippen LogP contribution < -0.4 is 5.32 Å². The second kappa shape index (κ2) is 9.75. The van der Waals surface area contributed by atoms with E-state index in [1.165, 1.54) is 17.0 Å². The predicted octanol–water partition coefficient (Wildman–Crippen LogP) is 1.90. The Balaban J connectivity index is 1.19. The standard InChI is InChI=1S/C22H34N6O2/c1-3-28-21-7-11-30-16-19(21)20(25-28)15-26-8-4-18(5-9-26)13-23-22(29)6-10-27-14-17(2)12-24-27/h12,14,18H,3-11,13,15-16H2,1-2H3,(H,23,29). The van der Waals surface area contributed by atoms with E-state index in [4.69, 9.17) is 9.84 Å². The first-order valence-electron chi connectivity index (χ1n) is 11.3. The van der Waals surface area contributed by atoms with Gasteiger partial charge >= 0.3 is 0 Å². The Bertz CT molecular complexity index is 850. The van der Waals surface area contributed by atoms with Crippen molar-refractivity contribution in [2.75, 3.05) is 26.2 Å². The molecule has 4 rings (SSSR count). The largest absolute Gasteiger partial charge is 0.376 e. The number of piperidine rings is 1. The van der Waals surface area contributed by atoms with Gasteiger partial charge in [-0.05, 0) is 51.3 Å². The van der Waals surface area contributed by atoms with Crippen LogP contribution in [0.5, 0.6) is 0 Å². The first-order valence-corrected chi connectivity index (χ1v) is 11.3. The molecule has 0 atom stereocenters. The van der Waals surface area contributed by atoms with Gasteiger partial charge in [-0.1, -0.05) is 0 Å². The zero-order chi connectivity index (χ0) is 20.9. The fraction of sp³-hybridized carbons (Fsp3) is 0.682. The van der Waals surface area contributed by atoms with Crippen molar-refractivity contribution in [3.8, 4) is 0 Å². The summed E-state index contributed by atoms with van der Waals surface area (Å²) < 4.78 is 9.67. The molecule has 8 heteroatoms. The number of fused-ring (bicyclic) bond motifs is 1. The normalized spacial score (nSPS) is 17.8. The average Bonchev–Trinajstić information content (AvgIpc) is 3.35. The summed E-state index contributed by atoms with van der Waals surface area (Å²) in [5.41, 5.74) is 4.98. The number of aromatic nitrogens is 4. The van der Waals surface area contributed by atoms with Crippen molar-refractivity contribution in [2.24, 2.45) is 5.92 Å². The second-order valence-electron chi connectivity index (χ2n) is 8.54. The fourth-order valence-corrected chi connectivity index (χ4v) is 4.48. The minimum absolute atomic E-state index is 0.113. The molecule has 1 fully saturated rings. The highest BCUT2D eigenvalue weighted by Gasteiger charge is 2.25. The number of nitrogens with zero attached hydrogens (tertiary/aromatic N) is 5. The Labute approximate surface area is 178 Å². The molecule has 2 aromatic rings. The van der Waals surface area contributed by atoms with Gasteiger partial charge in [0.1, 0.15) is 0 Å². The van der Waals surface area contributed by atoms with Gasteiger partial charge in [-0.15, -0.1) is 0 Å². The van der Waals surface area contributed by atoms with Gasteiger partial charge in [0, 0.05) is 56.5 Å². The molecule has 8 nitrogen and oxygen atoms in total. The van der Waals surface area contributed by atoms with Crippen LogP contribution in [0.3, 0.4) is 0 Å².